The van der Waals surface area contributed by atoms with E-state index in [1.54, 1.807) is 6.20 Å². The second-order valence-corrected chi connectivity index (χ2v) is 19.3. The van der Waals surface area contributed by atoms with Crippen molar-refractivity contribution in [2.75, 3.05) is 27.3 Å². The first-order valence-electron chi connectivity index (χ1n) is 24.4. The lowest BCUT2D eigenvalue weighted by Gasteiger charge is -2.31. The molecule has 16 heteroatoms. The number of hydrogen-bond donors (Lipinski definition) is 4. The van der Waals surface area contributed by atoms with Crippen LogP contribution in [0.25, 0.3) is 55.8 Å². The van der Waals surface area contributed by atoms with Crippen molar-refractivity contribution in [3.63, 3.8) is 0 Å². The van der Waals surface area contributed by atoms with Crippen LogP contribution in [0.2, 0.25) is 0 Å². The second-order valence-electron chi connectivity index (χ2n) is 19.3. The maximum absolute atomic E-state index is 13.9. The van der Waals surface area contributed by atoms with E-state index < -0.39 is 30.5 Å². The molecule has 4 amide bonds. The number of alkyl carbamates (subject to hydrolysis) is 2. The standard InChI is InChI=1S/C55H59N9O7/c1-31(2)47(60-54(67)69-5)51(65)62-24-10-14-43(62)49-56-29-40(58-49)36-21-23-42-38(26-36)27-45-39-22-20-37(28-46(39)71-53(64(42)45)35-18-16-34(17-19-35)33-12-8-7-9-13-33)41-30-57-50(59-41)44-15-11-25-63(44)52(66)48(32(3)4)61-55(68)70-6/h7-9,12-13,16-23,26-32,43-44,47-48,53H,10-11,14-15,24-25H2,1-6H3,(H,56,58)(H,57,59)(H,60,67)(H,61,68)/t43-,44-,47-,48-,53?/m0/s1. The summed E-state index contributed by atoms with van der Waals surface area (Å²) in [7, 11) is 2.58. The number of hydrogen-bond acceptors (Lipinski definition) is 9. The summed E-state index contributed by atoms with van der Waals surface area (Å²) in [6.07, 6.45) is 4.97. The Balaban J connectivity index is 0.968. The molecule has 7 aromatic rings. The fourth-order valence-electron chi connectivity index (χ4n) is 10.4. The van der Waals surface area contributed by atoms with Crippen molar-refractivity contribution in [2.24, 2.45) is 11.8 Å². The summed E-state index contributed by atoms with van der Waals surface area (Å²) < 4.78 is 19.0. The van der Waals surface area contributed by atoms with Gasteiger partial charge < -0.3 is 49.2 Å². The van der Waals surface area contributed by atoms with Crippen LogP contribution in [0, 0.1) is 11.8 Å². The Labute approximate surface area is 412 Å². The molecule has 0 aliphatic carbocycles. The lowest BCUT2D eigenvalue weighted by atomic mass is 10.0. The number of imidazole rings is 2. The SMILES string of the molecule is COC(=O)N[C@H](C(=O)N1CCC[C@H]1c1ncc(-c2ccc3c(c2)OC(c2ccc(-c4ccccc4)cc2)n2c-3cc3cc(-c4cnc([C@@H]5CCCN5C(=O)[C@@H](NC(=O)OC)C(C)C)[nH]4)ccc32)[nH]1)C(C)C. The normalized spacial score (nSPS) is 18.2. The van der Waals surface area contributed by atoms with Crippen molar-refractivity contribution in [1.29, 1.82) is 0 Å². The highest BCUT2D eigenvalue weighted by Crippen LogP contribution is 2.46. The van der Waals surface area contributed by atoms with Gasteiger partial charge in [0.15, 0.2) is 0 Å². The van der Waals surface area contributed by atoms with Gasteiger partial charge in [0, 0.05) is 40.7 Å². The fourth-order valence-corrected chi connectivity index (χ4v) is 10.4. The zero-order chi connectivity index (χ0) is 49.5. The number of ether oxygens (including phenoxy) is 3. The molecule has 2 fully saturated rings. The van der Waals surface area contributed by atoms with Gasteiger partial charge in [-0.25, -0.2) is 19.6 Å². The molecule has 4 N–H and O–H groups in total. The molecule has 366 valence electrons. The van der Waals surface area contributed by atoms with Gasteiger partial charge in [0.1, 0.15) is 29.5 Å². The van der Waals surface area contributed by atoms with Crippen LogP contribution in [0.4, 0.5) is 9.59 Å². The molecule has 0 radical (unpaired) electrons. The molecule has 0 spiro atoms. The van der Waals surface area contributed by atoms with E-state index in [0.29, 0.717) is 30.5 Å². The number of likely N-dealkylation sites (tertiary alicyclic amines) is 2. The Morgan fingerprint density at radius 2 is 1.17 bits per heavy atom. The predicted octanol–water partition coefficient (Wildman–Crippen LogP) is 9.78. The first-order valence-corrected chi connectivity index (χ1v) is 24.4. The Morgan fingerprint density at radius 1 is 0.648 bits per heavy atom. The van der Waals surface area contributed by atoms with Gasteiger partial charge in [0.2, 0.25) is 18.0 Å². The van der Waals surface area contributed by atoms with Crippen LogP contribution in [-0.2, 0) is 19.1 Å². The number of amides is 4. The molecule has 6 heterocycles. The number of aromatic amines is 2. The molecular weight excluding hydrogens is 899 g/mol. The van der Waals surface area contributed by atoms with E-state index in [1.807, 2.05) is 61.9 Å². The van der Waals surface area contributed by atoms with E-state index in [4.69, 9.17) is 24.2 Å². The highest BCUT2D eigenvalue weighted by atomic mass is 16.5. The quantitative estimate of drug-likeness (QED) is 0.0924. The molecule has 16 nitrogen and oxygen atoms in total. The van der Waals surface area contributed by atoms with Gasteiger partial charge in [-0.15, -0.1) is 0 Å². The summed E-state index contributed by atoms with van der Waals surface area (Å²) in [5, 5.41) is 6.47. The van der Waals surface area contributed by atoms with Crippen molar-refractivity contribution in [1.82, 2.24) is 44.9 Å². The molecule has 0 bridgehead atoms. The van der Waals surface area contributed by atoms with Crippen LogP contribution in [-0.4, -0.2) is 97.7 Å². The van der Waals surface area contributed by atoms with Gasteiger partial charge in [-0.05, 0) is 79.0 Å². The number of methoxy groups -OCH3 is 2. The molecule has 3 aliphatic heterocycles. The number of nitrogens with zero attached hydrogens (tertiary/aromatic N) is 5. The topological polar surface area (TPSA) is 189 Å². The smallest absolute Gasteiger partial charge is 0.407 e. The van der Waals surface area contributed by atoms with Crippen LogP contribution in [0.3, 0.4) is 0 Å². The summed E-state index contributed by atoms with van der Waals surface area (Å²) in [4.78, 5) is 72.4. The monoisotopic (exact) mass is 957 g/mol. The van der Waals surface area contributed by atoms with E-state index in [-0.39, 0.29) is 35.7 Å². The molecule has 10 rings (SSSR count). The molecule has 3 aromatic heterocycles. The molecule has 5 atom stereocenters. The minimum atomic E-state index is -0.729. The van der Waals surface area contributed by atoms with Gasteiger partial charge in [-0.3, -0.25) is 9.59 Å². The average molecular weight is 958 g/mol. The molecule has 4 aromatic carbocycles. The third-order valence-electron chi connectivity index (χ3n) is 14.2. The largest absolute Gasteiger partial charge is 0.465 e. The number of carbonyl (C=O) groups excluding carboxylic acids is 4. The highest BCUT2D eigenvalue weighted by molar-refractivity contribution is 5.93. The average Bonchev–Trinajstić information content (AvgIpc) is 4.26. The number of rotatable bonds is 12. The fraction of sp³-hybridized carbons (Fsp3) is 0.345. The van der Waals surface area contributed by atoms with E-state index >= 15 is 0 Å². The maximum atomic E-state index is 13.9. The summed E-state index contributed by atoms with van der Waals surface area (Å²) in [5.74, 6) is 1.50. The number of carbonyl (C=O) groups is 4. The molecule has 1 unspecified atom stereocenters. The second kappa shape index (κ2) is 19.5. The van der Waals surface area contributed by atoms with Crippen molar-refractivity contribution in [2.45, 2.75) is 83.8 Å². The lowest BCUT2D eigenvalue weighted by molar-refractivity contribution is -0.136. The molecule has 0 saturated carbocycles. The van der Waals surface area contributed by atoms with Crippen molar-refractivity contribution >= 4 is 34.9 Å². The predicted molar refractivity (Wildman–Crippen MR) is 269 cm³/mol. The summed E-state index contributed by atoms with van der Waals surface area (Å²) >= 11 is 0. The van der Waals surface area contributed by atoms with E-state index in [2.05, 4.69) is 104 Å². The number of fused-ring (bicyclic) bond motifs is 5. The highest BCUT2D eigenvalue weighted by Gasteiger charge is 2.39. The van der Waals surface area contributed by atoms with Gasteiger partial charge in [-0.1, -0.05) is 94.4 Å². The Hall–Kier alpha value is -7.88. The van der Waals surface area contributed by atoms with Gasteiger partial charge >= 0.3 is 12.2 Å². The van der Waals surface area contributed by atoms with Crippen molar-refractivity contribution in [3.8, 4) is 50.6 Å². The Kier molecular flexibility index (Phi) is 12.9. The number of H-pyrrole nitrogens is 2. The maximum Gasteiger partial charge on any atom is 0.407 e. The van der Waals surface area contributed by atoms with Gasteiger partial charge in [0.25, 0.3) is 0 Å². The molecule has 3 aliphatic rings. The number of nitrogens with one attached hydrogen (secondary N) is 4. The first kappa shape index (κ1) is 46.8. The van der Waals surface area contributed by atoms with Gasteiger partial charge in [-0.2, -0.15) is 0 Å². The summed E-state index contributed by atoms with van der Waals surface area (Å²) in [6, 6.07) is 31.6. The summed E-state index contributed by atoms with van der Waals surface area (Å²) in [6.45, 7) is 8.74. The Bertz CT molecular complexity index is 3100. The van der Waals surface area contributed by atoms with Gasteiger partial charge in [0.05, 0.1) is 61.3 Å². The zero-order valence-electron chi connectivity index (χ0n) is 40.8. The molecule has 71 heavy (non-hydrogen) atoms. The Morgan fingerprint density at radius 3 is 1.72 bits per heavy atom. The zero-order valence-corrected chi connectivity index (χ0v) is 40.8. The van der Waals surface area contributed by atoms with Crippen LogP contribution >= 0.6 is 0 Å². The van der Waals surface area contributed by atoms with Crippen molar-refractivity contribution in [3.05, 3.63) is 127 Å². The summed E-state index contributed by atoms with van der Waals surface area (Å²) in [5.41, 5.74) is 9.59. The minimum Gasteiger partial charge on any atom is -0.465 e. The van der Waals surface area contributed by atoms with Crippen LogP contribution in [0.1, 0.15) is 88.9 Å². The van der Waals surface area contributed by atoms with E-state index in [0.717, 1.165) is 87.0 Å². The number of benzene rings is 4. The lowest BCUT2D eigenvalue weighted by Crippen LogP contribution is -2.51. The third kappa shape index (κ3) is 8.98. The van der Waals surface area contributed by atoms with Crippen LogP contribution in [0.5, 0.6) is 5.75 Å². The first-order chi connectivity index (χ1) is 34.4. The van der Waals surface area contributed by atoms with E-state index in [1.165, 1.54) is 14.2 Å². The third-order valence-corrected chi connectivity index (χ3v) is 14.2. The van der Waals surface area contributed by atoms with Crippen molar-refractivity contribution < 1.29 is 33.4 Å². The molecule has 2 saturated heterocycles. The van der Waals surface area contributed by atoms with Crippen LogP contribution in [0.15, 0.2) is 109 Å². The van der Waals surface area contributed by atoms with E-state index in [9.17, 15) is 19.2 Å². The molecular formula is C55H59N9O7. The number of aromatic nitrogens is 5. The minimum absolute atomic E-state index is 0.135. The van der Waals surface area contributed by atoms with Crippen LogP contribution < -0.4 is 15.4 Å².